The second-order valence-electron chi connectivity index (χ2n) is 4.03. The highest BCUT2D eigenvalue weighted by atomic mass is 35.5. The smallest absolute Gasteiger partial charge is 0.252 e. The number of halogens is 1. The Morgan fingerprint density at radius 2 is 1.90 bits per heavy atom. The number of hydrogen-bond acceptors (Lipinski definition) is 3. The summed E-state index contributed by atoms with van der Waals surface area (Å²) in [6.07, 6.45) is 0.511. The fraction of sp³-hybridized carbons (Fsp3) is 0.429. The fourth-order valence-corrected chi connectivity index (χ4v) is 2.36. The van der Waals surface area contributed by atoms with Gasteiger partial charge in [0, 0.05) is 25.3 Å². The Hall–Kier alpha value is -1.20. The fourth-order valence-electron chi connectivity index (χ4n) is 1.52. The molecular formula is C14H19ClN2O2S. The third-order valence-corrected chi connectivity index (χ3v) is 3.76. The zero-order valence-corrected chi connectivity index (χ0v) is 13.0. The molecule has 0 fully saturated rings. The summed E-state index contributed by atoms with van der Waals surface area (Å²) >= 11 is 7.65. The molecule has 2 N–H and O–H groups in total. The first-order valence-corrected chi connectivity index (χ1v) is 8.05. The number of carbonyl (C=O) groups is 2. The Morgan fingerprint density at radius 1 is 1.20 bits per heavy atom. The van der Waals surface area contributed by atoms with Gasteiger partial charge in [0.05, 0.1) is 10.6 Å². The predicted molar refractivity (Wildman–Crippen MR) is 84.4 cm³/mol. The van der Waals surface area contributed by atoms with Crippen molar-refractivity contribution in [3.8, 4) is 0 Å². The molecule has 0 saturated carbocycles. The molecule has 110 valence electrons. The SMILES string of the molecule is CCSCCC(=O)NCCNC(=O)c1ccccc1Cl. The number of benzene rings is 1. The summed E-state index contributed by atoms with van der Waals surface area (Å²) in [5.41, 5.74) is 0.444. The highest BCUT2D eigenvalue weighted by Crippen LogP contribution is 2.14. The molecular weight excluding hydrogens is 296 g/mol. The second-order valence-corrected chi connectivity index (χ2v) is 5.83. The van der Waals surface area contributed by atoms with Crippen LogP contribution in [0.1, 0.15) is 23.7 Å². The normalized spacial score (nSPS) is 10.1. The van der Waals surface area contributed by atoms with Crippen LogP contribution in [0.15, 0.2) is 24.3 Å². The van der Waals surface area contributed by atoms with Crippen molar-refractivity contribution in [3.05, 3.63) is 34.9 Å². The highest BCUT2D eigenvalue weighted by molar-refractivity contribution is 7.99. The summed E-state index contributed by atoms with van der Waals surface area (Å²) in [7, 11) is 0. The predicted octanol–water partition coefficient (Wildman–Crippen LogP) is 2.33. The van der Waals surface area contributed by atoms with Crippen LogP contribution in [0, 0.1) is 0 Å². The first-order valence-electron chi connectivity index (χ1n) is 6.52. The number of rotatable bonds is 8. The number of amides is 2. The van der Waals surface area contributed by atoms with Crippen LogP contribution in [-0.2, 0) is 4.79 Å². The van der Waals surface area contributed by atoms with Gasteiger partial charge in [-0.3, -0.25) is 9.59 Å². The first kappa shape index (κ1) is 16.9. The van der Waals surface area contributed by atoms with Crippen LogP contribution in [0.4, 0.5) is 0 Å². The average Bonchev–Trinajstić information content (AvgIpc) is 2.44. The standard InChI is InChI=1S/C14H19ClN2O2S/c1-2-20-10-7-13(18)16-8-9-17-14(19)11-5-3-4-6-12(11)15/h3-6H,2,7-10H2,1H3,(H,16,18)(H,17,19). The Morgan fingerprint density at radius 3 is 2.60 bits per heavy atom. The van der Waals surface area contributed by atoms with Crippen LogP contribution in [0.25, 0.3) is 0 Å². The molecule has 0 aromatic heterocycles. The van der Waals surface area contributed by atoms with Gasteiger partial charge in [-0.1, -0.05) is 30.7 Å². The van der Waals surface area contributed by atoms with E-state index in [-0.39, 0.29) is 11.8 Å². The van der Waals surface area contributed by atoms with Gasteiger partial charge in [-0.15, -0.1) is 0 Å². The molecule has 0 saturated heterocycles. The van der Waals surface area contributed by atoms with Crippen molar-refractivity contribution in [2.24, 2.45) is 0 Å². The van der Waals surface area contributed by atoms with Crippen LogP contribution in [0.5, 0.6) is 0 Å². The number of nitrogens with one attached hydrogen (secondary N) is 2. The van der Waals surface area contributed by atoms with Crippen molar-refractivity contribution in [3.63, 3.8) is 0 Å². The van der Waals surface area contributed by atoms with Gasteiger partial charge >= 0.3 is 0 Å². The molecule has 2 amide bonds. The van der Waals surface area contributed by atoms with Crippen LogP contribution in [0.2, 0.25) is 5.02 Å². The number of hydrogen-bond donors (Lipinski definition) is 2. The summed E-state index contributed by atoms with van der Waals surface area (Å²) in [5, 5.41) is 5.90. The Bertz CT molecular complexity index is 455. The molecule has 0 atom stereocenters. The van der Waals surface area contributed by atoms with Crippen LogP contribution in [-0.4, -0.2) is 36.4 Å². The minimum absolute atomic E-state index is 0.0120. The first-order chi connectivity index (χ1) is 9.65. The molecule has 1 rings (SSSR count). The zero-order chi connectivity index (χ0) is 14.8. The van der Waals surface area contributed by atoms with E-state index in [1.807, 2.05) is 0 Å². The lowest BCUT2D eigenvalue weighted by molar-refractivity contribution is -0.120. The van der Waals surface area contributed by atoms with Gasteiger partial charge in [0.1, 0.15) is 0 Å². The molecule has 0 unspecified atom stereocenters. The Labute approximate surface area is 128 Å². The summed E-state index contributed by atoms with van der Waals surface area (Å²) in [5.74, 6) is 1.62. The molecule has 0 aliphatic heterocycles. The molecule has 4 nitrogen and oxygen atoms in total. The van der Waals surface area contributed by atoms with Crippen LogP contribution < -0.4 is 10.6 Å². The summed E-state index contributed by atoms with van der Waals surface area (Å²) in [4.78, 5) is 23.2. The van der Waals surface area contributed by atoms with Crippen LogP contribution >= 0.6 is 23.4 Å². The van der Waals surface area contributed by atoms with E-state index in [1.165, 1.54) is 0 Å². The lowest BCUT2D eigenvalue weighted by atomic mass is 10.2. The topological polar surface area (TPSA) is 58.2 Å². The Balaban J connectivity index is 2.20. The maximum atomic E-state index is 11.8. The van der Waals surface area contributed by atoms with E-state index in [9.17, 15) is 9.59 Å². The van der Waals surface area contributed by atoms with Crippen molar-refractivity contribution >= 4 is 35.2 Å². The van der Waals surface area contributed by atoms with Gasteiger partial charge in [0.25, 0.3) is 5.91 Å². The van der Waals surface area contributed by atoms with E-state index in [1.54, 1.807) is 36.0 Å². The maximum absolute atomic E-state index is 11.8. The van der Waals surface area contributed by atoms with Crippen molar-refractivity contribution in [1.29, 1.82) is 0 Å². The van der Waals surface area contributed by atoms with E-state index in [2.05, 4.69) is 17.6 Å². The summed E-state index contributed by atoms with van der Waals surface area (Å²) in [6.45, 7) is 2.87. The zero-order valence-electron chi connectivity index (χ0n) is 11.4. The number of thioether (sulfide) groups is 1. The van der Waals surface area contributed by atoms with Crippen molar-refractivity contribution < 1.29 is 9.59 Å². The molecule has 0 spiro atoms. The molecule has 6 heteroatoms. The molecule has 1 aromatic rings. The highest BCUT2D eigenvalue weighted by Gasteiger charge is 2.08. The van der Waals surface area contributed by atoms with Gasteiger partial charge in [0.15, 0.2) is 0 Å². The van der Waals surface area contributed by atoms with Gasteiger partial charge in [-0.25, -0.2) is 0 Å². The van der Waals surface area contributed by atoms with Gasteiger partial charge in [-0.2, -0.15) is 11.8 Å². The van der Waals surface area contributed by atoms with E-state index in [4.69, 9.17) is 11.6 Å². The van der Waals surface area contributed by atoms with Crippen molar-refractivity contribution in [1.82, 2.24) is 10.6 Å². The van der Waals surface area contributed by atoms with Gasteiger partial charge in [-0.05, 0) is 17.9 Å². The van der Waals surface area contributed by atoms with Gasteiger partial charge < -0.3 is 10.6 Å². The third kappa shape index (κ3) is 6.30. The van der Waals surface area contributed by atoms with Crippen molar-refractivity contribution in [2.75, 3.05) is 24.6 Å². The minimum atomic E-state index is -0.230. The Kier molecular flexibility index (Phi) is 8.14. The summed E-state index contributed by atoms with van der Waals surface area (Å²) < 4.78 is 0. The number of carbonyl (C=O) groups excluding carboxylic acids is 2. The maximum Gasteiger partial charge on any atom is 0.252 e. The molecule has 1 aromatic carbocycles. The van der Waals surface area contributed by atoms with Gasteiger partial charge in [0.2, 0.25) is 5.91 Å². The molecule has 0 bridgehead atoms. The van der Waals surface area contributed by atoms with E-state index in [0.29, 0.717) is 30.1 Å². The monoisotopic (exact) mass is 314 g/mol. The lowest BCUT2D eigenvalue weighted by Gasteiger charge is -2.08. The third-order valence-electron chi connectivity index (χ3n) is 2.53. The quantitative estimate of drug-likeness (QED) is 0.724. The molecule has 0 aliphatic carbocycles. The van der Waals surface area contributed by atoms with E-state index in [0.717, 1.165) is 11.5 Å². The van der Waals surface area contributed by atoms with E-state index < -0.39 is 0 Å². The largest absolute Gasteiger partial charge is 0.354 e. The molecule has 0 radical (unpaired) electrons. The van der Waals surface area contributed by atoms with Crippen molar-refractivity contribution in [2.45, 2.75) is 13.3 Å². The molecule has 0 heterocycles. The molecule has 20 heavy (non-hydrogen) atoms. The second kappa shape index (κ2) is 9.66. The average molecular weight is 315 g/mol. The van der Waals surface area contributed by atoms with Crippen LogP contribution in [0.3, 0.4) is 0 Å². The lowest BCUT2D eigenvalue weighted by Crippen LogP contribution is -2.34. The molecule has 0 aliphatic rings. The minimum Gasteiger partial charge on any atom is -0.354 e. The van der Waals surface area contributed by atoms with E-state index >= 15 is 0 Å². The summed E-state index contributed by atoms with van der Waals surface area (Å²) in [6, 6.07) is 6.86.